The van der Waals surface area contributed by atoms with Gasteiger partial charge in [-0.05, 0) is 12.8 Å². The van der Waals surface area contributed by atoms with Gasteiger partial charge in [-0.25, -0.2) is 0 Å². The lowest BCUT2D eigenvalue weighted by Crippen LogP contribution is -2.51. The smallest absolute Gasteiger partial charge is 0.243 e. The van der Waals surface area contributed by atoms with Crippen molar-refractivity contribution < 1.29 is 14.3 Å². The average molecular weight is 246 g/mol. The molecule has 1 rings (SSSR count). The van der Waals surface area contributed by atoms with Gasteiger partial charge in [-0.3, -0.25) is 9.59 Å². The molecule has 2 unspecified atom stereocenters. The van der Waals surface area contributed by atoms with Crippen molar-refractivity contribution in [1.29, 1.82) is 0 Å². The van der Waals surface area contributed by atoms with E-state index in [-0.39, 0.29) is 17.9 Å². The average Bonchev–Trinajstić information content (AvgIpc) is 2.26. The monoisotopic (exact) mass is 246 g/mol. The van der Waals surface area contributed by atoms with Gasteiger partial charge >= 0.3 is 0 Å². The molecule has 16 heavy (non-hydrogen) atoms. The van der Waals surface area contributed by atoms with Gasteiger partial charge in [0.05, 0.1) is 12.6 Å². The Kier molecular flexibility index (Phi) is 5.62. The Balaban J connectivity index is 2.38. The largest absolute Gasteiger partial charge is 0.379 e. The highest BCUT2D eigenvalue weighted by atomic mass is 32.1. The first-order valence-corrected chi connectivity index (χ1v) is 6.03. The highest BCUT2D eigenvalue weighted by Gasteiger charge is 2.22. The second-order valence-corrected chi connectivity index (χ2v) is 4.22. The maximum Gasteiger partial charge on any atom is 0.243 e. The Morgan fingerprint density at radius 1 is 1.56 bits per heavy atom. The molecule has 0 aromatic heterocycles. The van der Waals surface area contributed by atoms with Gasteiger partial charge in [-0.15, -0.1) is 0 Å². The summed E-state index contributed by atoms with van der Waals surface area (Å²) in [6, 6.07) is -0.514. The maximum atomic E-state index is 11.7. The minimum Gasteiger partial charge on any atom is -0.379 e. The van der Waals surface area contributed by atoms with Crippen LogP contribution in [0.4, 0.5) is 0 Å². The Labute approximate surface area is 101 Å². The Hall–Kier alpha value is -0.750. The normalized spacial score (nSPS) is 22.2. The number of hydrogen-bond acceptors (Lipinski definition) is 4. The van der Waals surface area contributed by atoms with Crippen LogP contribution in [0.5, 0.6) is 0 Å². The molecule has 0 radical (unpaired) electrons. The van der Waals surface area contributed by atoms with E-state index in [2.05, 4.69) is 23.3 Å². The molecule has 0 spiro atoms. The van der Waals surface area contributed by atoms with Gasteiger partial charge < -0.3 is 15.4 Å². The summed E-state index contributed by atoms with van der Waals surface area (Å²) in [5, 5.41) is 5.40. The van der Waals surface area contributed by atoms with Gasteiger partial charge in [-0.2, -0.15) is 12.6 Å². The van der Waals surface area contributed by atoms with E-state index in [1.807, 2.05) is 0 Å². The summed E-state index contributed by atoms with van der Waals surface area (Å²) >= 11 is 4.04. The first kappa shape index (κ1) is 13.3. The van der Waals surface area contributed by atoms with Gasteiger partial charge in [0.25, 0.3) is 0 Å². The number of thiol groups is 1. The molecular formula is C10H18N2O3S. The molecule has 2 atom stereocenters. The molecule has 0 aromatic carbocycles. The third kappa shape index (κ3) is 4.40. The van der Waals surface area contributed by atoms with Crippen LogP contribution in [0.2, 0.25) is 0 Å². The molecule has 2 amide bonds. The van der Waals surface area contributed by atoms with E-state index in [0.29, 0.717) is 12.4 Å². The van der Waals surface area contributed by atoms with Crippen LogP contribution in [0.3, 0.4) is 0 Å². The zero-order valence-corrected chi connectivity index (χ0v) is 10.3. The predicted octanol–water partition coefficient (Wildman–Crippen LogP) is -0.284. The van der Waals surface area contributed by atoms with Crippen molar-refractivity contribution in [3.63, 3.8) is 0 Å². The van der Waals surface area contributed by atoms with E-state index in [1.165, 1.54) is 6.92 Å². The zero-order valence-electron chi connectivity index (χ0n) is 9.36. The number of carbonyl (C=O) groups excluding carboxylic acids is 2. The molecule has 0 aliphatic carbocycles. The van der Waals surface area contributed by atoms with Crippen molar-refractivity contribution in [2.24, 2.45) is 0 Å². The van der Waals surface area contributed by atoms with Crippen molar-refractivity contribution in [2.75, 3.05) is 19.0 Å². The third-order valence-corrected chi connectivity index (χ3v) is 2.75. The fraction of sp³-hybridized carbons (Fsp3) is 0.800. The van der Waals surface area contributed by atoms with Crippen molar-refractivity contribution in [3.8, 4) is 0 Å². The number of rotatable bonds is 4. The number of amides is 2. The minimum atomic E-state index is -0.567. The lowest BCUT2D eigenvalue weighted by Gasteiger charge is -2.25. The first-order chi connectivity index (χ1) is 7.63. The van der Waals surface area contributed by atoms with Gasteiger partial charge in [0.1, 0.15) is 6.04 Å². The summed E-state index contributed by atoms with van der Waals surface area (Å²) in [5.74, 6) is -0.131. The number of nitrogens with one attached hydrogen (secondary N) is 2. The standard InChI is InChI=1S/C10H18N2O3S/c1-7(13)11-9(6-16)10(14)12-8-3-2-4-15-5-8/h8-9,16H,2-6H2,1H3,(H,11,13)(H,12,14). The fourth-order valence-corrected chi connectivity index (χ4v) is 1.85. The lowest BCUT2D eigenvalue weighted by molar-refractivity contribution is -0.128. The second-order valence-electron chi connectivity index (χ2n) is 3.86. The van der Waals surface area contributed by atoms with E-state index in [9.17, 15) is 9.59 Å². The Morgan fingerprint density at radius 2 is 2.31 bits per heavy atom. The Bertz CT molecular complexity index is 254. The molecule has 0 aromatic rings. The van der Waals surface area contributed by atoms with E-state index in [0.717, 1.165) is 19.4 Å². The van der Waals surface area contributed by atoms with Crippen molar-refractivity contribution in [3.05, 3.63) is 0 Å². The minimum absolute atomic E-state index is 0.0531. The molecule has 2 N–H and O–H groups in total. The van der Waals surface area contributed by atoms with Crippen LogP contribution in [-0.2, 0) is 14.3 Å². The highest BCUT2D eigenvalue weighted by molar-refractivity contribution is 7.80. The molecule has 0 saturated carbocycles. The SMILES string of the molecule is CC(=O)NC(CS)C(=O)NC1CCCOC1. The van der Waals surface area contributed by atoms with Crippen LogP contribution in [0, 0.1) is 0 Å². The molecule has 5 nitrogen and oxygen atoms in total. The molecular weight excluding hydrogens is 228 g/mol. The van der Waals surface area contributed by atoms with Crippen LogP contribution in [-0.4, -0.2) is 42.9 Å². The highest BCUT2D eigenvalue weighted by Crippen LogP contribution is 2.06. The summed E-state index contributed by atoms with van der Waals surface area (Å²) < 4.78 is 5.26. The van der Waals surface area contributed by atoms with Gasteiger partial charge in [0, 0.05) is 19.3 Å². The third-order valence-electron chi connectivity index (χ3n) is 2.38. The van der Waals surface area contributed by atoms with Gasteiger partial charge in [0.15, 0.2) is 0 Å². The molecule has 0 bridgehead atoms. The van der Waals surface area contributed by atoms with Crippen molar-refractivity contribution >= 4 is 24.4 Å². The summed E-state index contributed by atoms with van der Waals surface area (Å²) in [4.78, 5) is 22.6. The predicted molar refractivity (Wildman–Crippen MR) is 63.4 cm³/mol. The van der Waals surface area contributed by atoms with E-state index >= 15 is 0 Å². The summed E-state index contributed by atoms with van der Waals surface area (Å²) in [7, 11) is 0. The van der Waals surface area contributed by atoms with Crippen LogP contribution >= 0.6 is 12.6 Å². The molecule has 92 valence electrons. The first-order valence-electron chi connectivity index (χ1n) is 5.39. The van der Waals surface area contributed by atoms with E-state index < -0.39 is 6.04 Å². The molecule has 1 saturated heterocycles. The number of ether oxygens (including phenoxy) is 1. The second kappa shape index (κ2) is 6.75. The maximum absolute atomic E-state index is 11.7. The quantitative estimate of drug-likeness (QED) is 0.597. The van der Waals surface area contributed by atoms with Gasteiger partial charge in [-0.1, -0.05) is 0 Å². The molecule has 1 aliphatic rings. The van der Waals surface area contributed by atoms with Gasteiger partial charge in [0.2, 0.25) is 11.8 Å². The van der Waals surface area contributed by atoms with E-state index in [1.54, 1.807) is 0 Å². The molecule has 1 heterocycles. The van der Waals surface area contributed by atoms with Crippen molar-refractivity contribution in [2.45, 2.75) is 31.8 Å². The van der Waals surface area contributed by atoms with Crippen LogP contribution in [0.1, 0.15) is 19.8 Å². The summed E-state index contributed by atoms with van der Waals surface area (Å²) in [5.41, 5.74) is 0. The van der Waals surface area contributed by atoms with Crippen molar-refractivity contribution in [1.82, 2.24) is 10.6 Å². The van der Waals surface area contributed by atoms with Crippen LogP contribution < -0.4 is 10.6 Å². The van der Waals surface area contributed by atoms with Crippen LogP contribution in [0.25, 0.3) is 0 Å². The fourth-order valence-electron chi connectivity index (χ4n) is 1.60. The molecule has 6 heteroatoms. The number of carbonyl (C=O) groups is 2. The van der Waals surface area contributed by atoms with Crippen LogP contribution in [0.15, 0.2) is 0 Å². The lowest BCUT2D eigenvalue weighted by atomic mass is 10.1. The molecule has 1 fully saturated rings. The Morgan fingerprint density at radius 3 is 2.81 bits per heavy atom. The topological polar surface area (TPSA) is 67.4 Å². The zero-order chi connectivity index (χ0) is 12.0. The summed E-state index contributed by atoms with van der Waals surface area (Å²) in [6.45, 7) is 2.69. The summed E-state index contributed by atoms with van der Waals surface area (Å²) in [6.07, 6.45) is 1.88. The number of hydrogen-bond donors (Lipinski definition) is 3. The molecule has 1 aliphatic heterocycles. The van der Waals surface area contributed by atoms with E-state index in [4.69, 9.17) is 4.74 Å².